The van der Waals surface area contributed by atoms with Crippen molar-refractivity contribution in [2.75, 3.05) is 0 Å². The fraction of sp³-hybridized carbons (Fsp3) is 0. The molecule has 0 radical (unpaired) electrons. The molecule has 9 nitrogen and oxygen atoms in total. The van der Waals surface area contributed by atoms with Gasteiger partial charge in [0.2, 0.25) is 10.4 Å². The van der Waals surface area contributed by atoms with Gasteiger partial charge in [0, 0.05) is 10.4 Å². The smallest absolute Gasteiger partial charge is 1.00 e. The van der Waals surface area contributed by atoms with E-state index in [-0.39, 0.29) is 93.0 Å². The predicted molar refractivity (Wildman–Crippen MR) is 34.5 cm³/mol. The summed E-state index contributed by atoms with van der Waals surface area (Å²) in [5, 5.41) is 0. The second kappa shape index (κ2) is 15.4. The molecule has 0 aliphatic heterocycles. The average molecular weight is 310 g/mol. The van der Waals surface area contributed by atoms with Gasteiger partial charge in [0.05, 0.1) is 0 Å². The Balaban J connectivity index is -0.0000000178. The normalized spacial score (nSPS) is 8.29. The number of hydrogen-bond acceptors (Lipinski definition) is 7. The van der Waals surface area contributed by atoms with E-state index < -0.39 is 20.8 Å². The van der Waals surface area contributed by atoms with Crippen LogP contribution in [0.25, 0.3) is 0 Å². The molecule has 0 atom stereocenters. The first-order valence-electron chi connectivity index (χ1n) is 1.35. The molecular formula is H5ClKMgNO8S2. The van der Waals surface area contributed by atoms with Crippen LogP contribution in [0.2, 0.25) is 0 Å². The van der Waals surface area contributed by atoms with Gasteiger partial charge >= 0.3 is 74.4 Å². The largest absolute Gasteiger partial charge is 2.00 e. The summed E-state index contributed by atoms with van der Waals surface area (Å²) < 4.78 is 66.9. The van der Waals surface area contributed by atoms with Crippen molar-refractivity contribution in [1.82, 2.24) is 6.15 Å². The van der Waals surface area contributed by atoms with Crippen molar-refractivity contribution >= 4 is 43.9 Å². The second-order valence-electron chi connectivity index (χ2n) is 0.836. The summed E-state index contributed by atoms with van der Waals surface area (Å²) in [5.74, 6) is 0. The molecule has 80 valence electrons. The first-order valence-corrected chi connectivity index (χ1v) is 4.05. The molecule has 14 heavy (non-hydrogen) atoms. The maximum Gasteiger partial charge on any atom is 2.00 e. The van der Waals surface area contributed by atoms with Crippen LogP contribution in [0.4, 0.5) is 0 Å². The SMILES string of the molecule is O=S(=O)([O-])O.O=S(=O)([O-])[O-].[Cl-].[K+].[Mg+2].[NH4+]. The zero-order chi connectivity index (χ0) is 9.00. The predicted octanol–water partition coefficient (Wildman–Crippen LogP) is -8.33. The van der Waals surface area contributed by atoms with Gasteiger partial charge in [-0.3, -0.25) is 13.0 Å². The molecule has 0 spiro atoms. The Bertz CT molecular complexity index is 224. The molecule has 0 aromatic heterocycles. The second-order valence-corrected chi connectivity index (χ2v) is 2.51. The summed E-state index contributed by atoms with van der Waals surface area (Å²) in [6, 6.07) is 0. The van der Waals surface area contributed by atoms with E-state index in [0.717, 1.165) is 0 Å². The van der Waals surface area contributed by atoms with E-state index in [1.807, 2.05) is 0 Å². The minimum absolute atomic E-state index is 0. The first-order chi connectivity index (χ1) is 4.00. The van der Waals surface area contributed by atoms with Crippen LogP contribution >= 0.6 is 0 Å². The van der Waals surface area contributed by atoms with Crippen LogP contribution in [0.15, 0.2) is 0 Å². The maximum absolute atomic E-state index is 8.63. The summed E-state index contributed by atoms with van der Waals surface area (Å²) in [4.78, 5) is 0. The number of halogens is 1. The van der Waals surface area contributed by atoms with Gasteiger partial charge in [0.15, 0.2) is 0 Å². The van der Waals surface area contributed by atoms with Crippen molar-refractivity contribution in [1.29, 1.82) is 0 Å². The van der Waals surface area contributed by atoms with Crippen molar-refractivity contribution in [3.63, 3.8) is 0 Å². The van der Waals surface area contributed by atoms with Crippen molar-refractivity contribution in [3.05, 3.63) is 0 Å². The number of rotatable bonds is 0. The average Bonchev–Trinajstić information content (AvgIpc) is 1.12. The van der Waals surface area contributed by atoms with E-state index in [1.165, 1.54) is 0 Å². The molecule has 0 aliphatic carbocycles. The Morgan fingerprint density at radius 1 is 0.929 bits per heavy atom. The van der Waals surface area contributed by atoms with Gasteiger partial charge in [-0.1, -0.05) is 0 Å². The third kappa shape index (κ3) is 451. The van der Waals surface area contributed by atoms with Crippen LogP contribution in [0.1, 0.15) is 0 Å². The molecule has 0 rings (SSSR count). The van der Waals surface area contributed by atoms with Gasteiger partial charge in [-0.25, -0.2) is 8.42 Å². The van der Waals surface area contributed by atoms with E-state index in [0.29, 0.717) is 0 Å². The third-order valence-corrected chi connectivity index (χ3v) is 0. The monoisotopic (exact) mass is 309 g/mol. The molecule has 0 fully saturated rings. The van der Waals surface area contributed by atoms with Crippen LogP contribution in [0.5, 0.6) is 0 Å². The topological polar surface area (TPSA) is 194 Å². The fourth-order valence-corrected chi connectivity index (χ4v) is 0. The van der Waals surface area contributed by atoms with Gasteiger partial charge in [-0.05, 0) is 0 Å². The molecule has 0 aromatic rings. The van der Waals surface area contributed by atoms with Crippen molar-refractivity contribution in [2.24, 2.45) is 0 Å². The molecule has 0 bridgehead atoms. The van der Waals surface area contributed by atoms with Crippen LogP contribution < -0.4 is 69.9 Å². The van der Waals surface area contributed by atoms with Gasteiger partial charge in [-0.2, -0.15) is 0 Å². The number of hydrogen-bond donors (Lipinski definition) is 2. The molecule has 5 N–H and O–H groups in total. The molecular weight excluding hydrogens is 305 g/mol. The Labute approximate surface area is 146 Å². The Hall–Kier alpha value is 2.39. The Morgan fingerprint density at radius 2 is 0.929 bits per heavy atom. The molecule has 0 unspecified atom stereocenters. The minimum Gasteiger partial charge on any atom is -1.00 e. The van der Waals surface area contributed by atoms with Gasteiger partial charge in [0.25, 0.3) is 0 Å². The molecule has 0 heterocycles. The van der Waals surface area contributed by atoms with Gasteiger partial charge in [-0.15, -0.1) is 0 Å². The van der Waals surface area contributed by atoms with E-state index >= 15 is 0 Å². The zero-order valence-electron chi connectivity index (χ0n) is 7.21. The van der Waals surface area contributed by atoms with E-state index in [1.54, 1.807) is 0 Å². The summed E-state index contributed by atoms with van der Waals surface area (Å²) in [6.07, 6.45) is 0. The number of quaternary nitrogens is 1. The Kier molecular flexibility index (Phi) is 39.5. The maximum atomic E-state index is 8.63. The summed E-state index contributed by atoms with van der Waals surface area (Å²) >= 11 is 0. The van der Waals surface area contributed by atoms with Crippen LogP contribution in [0, 0.1) is 0 Å². The Morgan fingerprint density at radius 3 is 0.929 bits per heavy atom. The third-order valence-electron chi connectivity index (χ3n) is 0. The molecule has 0 saturated carbocycles. The molecule has 14 heteroatoms. The van der Waals surface area contributed by atoms with Crippen LogP contribution in [-0.4, -0.2) is 58.1 Å². The quantitative estimate of drug-likeness (QED) is 0.250. The minimum atomic E-state index is -5.17. The summed E-state index contributed by atoms with van der Waals surface area (Å²) in [5.41, 5.74) is 0. The van der Waals surface area contributed by atoms with E-state index in [9.17, 15) is 0 Å². The standard InChI is InChI=1S/ClH.K.Mg.H3N.2H2O4S/c;;;;2*1-5(2,3)4/h1H;;;1H3;2*(H2,1,2,3,4)/q;+1;+2;;;/p-3. The van der Waals surface area contributed by atoms with Crippen LogP contribution in [-0.2, 0) is 20.8 Å². The molecule has 0 aromatic carbocycles. The van der Waals surface area contributed by atoms with Crippen molar-refractivity contribution in [3.8, 4) is 0 Å². The van der Waals surface area contributed by atoms with Gasteiger partial charge < -0.3 is 32.2 Å². The molecule has 0 amide bonds. The van der Waals surface area contributed by atoms with Gasteiger partial charge in [0.1, 0.15) is 0 Å². The van der Waals surface area contributed by atoms with E-state index in [2.05, 4.69) is 0 Å². The molecule has 0 aliphatic rings. The summed E-state index contributed by atoms with van der Waals surface area (Å²) in [6.45, 7) is 0. The van der Waals surface area contributed by atoms with Crippen molar-refractivity contribution in [2.45, 2.75) is 0 Å². The first kappa shape index (κ1) is 36.0. The zero-order valence-corrected chi connectivity index (χ0v) is 14.1. The fourth-order valence-electron chi connectivity index (χ4n) is 0. The summed E-state index contributed by atoms with van der Waals surface area (Å²) in [7, 11) is -10.1. The molecule has 0 saturated heterocycles. The van der Waals surface area contributed by atoms with E-state index in [4.69, 9.17) is 35.0 Å². The van der Waals surface area contributed by atoms with Crippen molar-refractivity contribution < 1.29 is 98.8 Å². The van der Waals surface area contributed by atoms with Crippen LogP contribution in [0.3, 0.4) is 0 Å².